The molecule has 0 spiro atoms. The van der Waals surface area contributed by atoms with Gasteiger partial charge in [-0.05, 0) is 51.1 Å². The van der Waals surface area contributed by atoms with Gasteiger partial charge in [-0.1, -0.05) is 0 Å². The molecular formula is C14H23N3O. The van der Waals surface area contributed by atoms with E-state index >= 15 is 0 Å². The number of aliphatic hydroxyl groups is 1. The lowest BCUT2D eigenvalue weighted by molar-refractivity contribution is 0.249. The summed E-state index contributed by atoms with van der Waals surface area (Å²) in [4.78, 5) is 9.16. The van der Waals surface area contributed by atoms with Gasteiger partial charge < -0.3 is 14.9 Å². The van der Waals surface area contributed by atoms with Crippen LogP contribution in [0, 0.1) is 6.92 Å². The molecule has 4 nitrogen and oxygen atoms in total. The quantitative estimate of drug-likeness (QED) is 0.879. The first-order valence-corrected chi connectivity index (χ1v) is 6.59. The molecule has 1 N–H and O–H groups in total. The van der Waals surface area contributed by atoms with E-state index in [1.54, 1.807) is 6.20 Å². The van der Waals surface area contributed by atoms with Crippen LogP contribution in [0.4, 0.5) is 5.82 Å². The Bertz CT molecular complexity index is 398. The normalized spacial score (nSPS) is 17.5. The Morgan fingerprint density at radius 3 is 2.56 bits per heavy atom. The van der Waals surface area contributed by atoms with Crippen molar-refractivity contribution in [1.29, 1.82) is 0 Å². The van der Waals surface area contributed by atoms with Gasteiger partial charge in [0.1, 0.15) is 5.82 Å². The van der Waals surface area contributed by atoms with Gasteiger partial charge in [-0.15, -0.1) is 0 Å². The molecule has 18 heavy (non-hydrogen) atoms. The molecule has 0 atom stereocenters. The van der Waals surface area contributed by atoms with Crippen molar-refractivity contribution in [2.24, 2.45) is 0 Å². The zero-order valence-electron chi connectivity index (χ0n) is 11.6. The number of aliphatic hydroxyl groups excluding tert-OH is 1. The minimum absolute atomic E-state index is 0.0663. The van der Waals surface area contributed by atoms with Crippen LogP contribution in [0.1, 0.15) is 24.0 Å². The monoisotopic (exact) mass is 249 g/mol. The lowest BCUT2D eigenvalue weighted by Crippen LogP contribution is -2.42. The zero-order chi connectivity index (χ0) is 13.1. The Kier molecular flexibility index (Phi) is 4.19. The van der Waals surface area contributed by atoms with Gasteiger partial charge in [-0.2, -0.15) is 0 Å². The predicted octanol–water partition coefficient (Wildman–Crippen LogP) is 1.41. The average molecular weight is 249 g/mol. The first-order valence-electron chi connectivity index (χ1n) is 6.59. The highest BCUT2D eigenvalue weighted by molar-refractivity contribution is 5.47. The molecule has 0 amide bonds. The lowest BCUT2D eigenvalue weighted by atomic mass is 10.0. The van der Waals surface area contributed by atoms with Crippen molar-refractivity contribution >= 4 is 5.82 Å². The van der Waals surface area contributed by atoms with Crippen LogP contribution in [0.3, 0.4) is 0 Å². The molecule has 0 radical (unpaired) electrons. The van der Waals surface area contributed by atoms with E-state index in [2.05, 4.69) is 35.8 Å². The molecule has 2 rings (SSSR count). The minimum Gasteiger partial charge on any atom is -0.392 e. The van der Waals surface area contributed by atoms with Crippen molar-refractivity contribution in [1.82, 2.24) is 9.88 Å². The van der Waals surface area contributed by atoms with Gasteiger partial charge in [0.2, 0.25) is 0 Å². The minimum atomic E-state index is 0.0663. The van der Waals surface area contributed by atoms with Crippen molar-refractivity contribution in [3.8, 4) is 0 Å². The van der Waals surface area contributed by atoms with Crippen molar-refractivity contribution in [3.63, 3.8) is 0 Å². The van der Waals surface area contributed by atoms with E-state index in [0.717, 1.165) is 30.0 Å². The predicted molar refractivity (Wildman–Crippen MR) is 73.8 cm³/mol. The molecule has 0 aromatic carbocycles. The maximum absolute atomic E-state index is 9.10. The molecule has 1 aliphatic rings. The van der Waals surface area contributed by atoms with E-state index in [-0.39, 0.29) is 6.61 Å². The molecule has 1 aromatic heterocycles. The SMILES string of the molecule is Cc1cc(CO)cnc1N1CCC(N(C)C)CC1. The van der Waals surface area contributed by atoms with E-state index in [4.69, 9.17) is 5.11 Å². The van der Waals surface area contributed by atoms with Crippen LogP contribution < -0.4 is 4.90 Å². The summed E-state index contributed by atoms with van der Waals surface area (Å²) >= 11 is 0. The topological polar surface area (TPSA) is 39.6 Å². The van der Waals surface area contributed by atoms with Gasteiger partial charge in [-0.3, -0.25) is 0 Å². The fraction of sp³-hybridized carbons (Fsp3) is 0.643. The van der Waals surface area contributed by atoms with Crippen LogP contribution in [-0.4, -0.2) is 48.2 Å². The molecular weight excluding hydrogens is 226 g/mol. The molecule has 100 valence electrons. The third-order valence-electron chi connectivity index (χ3n) is 3.78. The zero-order valence-corrected chi connectivity index (χ0v) is 11.6. The van der Waals surface area contributed by atoms with Gasteiger partial charge in [0.05, 0.1) is 6.61 Å². The molecule has 1 saturated heterocycles. The summed E-state index contributed by atoms with van der Waals surface area (Å²) in [5, 5.41) is 9.10. The van der Waals surface area contributed by atoms with Crippen LogP contribution in [0.5, 0.6) is 0 Å². The fourth-order valence-corrected chi connectivity index (χ4v) is 2.64. The molecule has 0 saturated carbocycles. The summed E-state index contributed by atoms with van der Waals surface area (Å²) < 4.78 is 0. The Morgan fingerprint density at radius 2 is 2.06 bits per heavy atom. The summed E-state index contributed by atoms with van der Waals surface area (Å²) in [6, 6.07) is 2.72. The molecule has 4 heteroatoms. The fourth-order valence-electron chi connectivity index (χ4n) is 2.64. The summed E-state index contributed by atoms with van der Waals surface area (Å²) in [5.74, 6) is 1.07. The summed E-state index contributed by atoms with van der Waals surface area (Å²) in [7, 11) is 4.31. The van der Waals surface area contributed by atoms with Crippen LogP contribution in [-0.2, 0) is 6.61 Å². The number of hydrogen-bond acceptors (Lipinski definition) is 4. The first kappa shape index (κ1) is 13.3. The highest BCUT2D eigenvalue weighted by Crippen LogP contribution is 2.23. The van der Waals surface area contributed by atoms with Gasteiger partial charge in [-0.25, -0.2) is 4.98 Å². The van der Waals surface area contributed by atoms with E-state index in [1.807, 2.05) is 6.07 Å². The smallest absolute Gasteiger partial charge is 0.131 e. The first-order chi connectivity index (χ1) is 8.61. The number of nitrogens with zero attached hydrogens (tertiary/aromatic N) is 3. The van der Waals surface area contributed by atoms with Crippen LogP contribution in [0.25, 0.3) is 0 Å². The average Bonchev–Trinajstić information content (AvgIpc) is 2.38. The molecule has 1 aliphatic heterocycles. The second-order valence-corrected chi connectivity index (χ2v) is 5.32. The maximum atomic E-state index is 9.10. The van der Waals surface area contributed by atoms with E-state index < -0.39 is 0 Å². The molecule has 0 unspecified atom stereocenters. The Hall–Kier alpha value is -1.13. The highest BCUT2D eigenvalue weighted by atomic mass is 16.3. The molecule has 0 aliphatic carbocycles. The lowest BCUT2D eigenvalue weighted by Gasteiger charge is -2.36. The summed E-state index contributed by atoms with van der Waals surface area (Å²) in [5.41, 5.74) is 2.05. The van der Waals surface area contributed by atoms with Gasteiger partial charge in [0.25, 0.3) is 0 Å². The van der Waals surface area contributed by atoms with Crippen molar-refractivity contribution in [2.75, 3.05) is 32.1 Å². The van der Waals surface area contributed by atoms with Crippen molar-refractivity contribution < 1.29 is 5.11 Å². The van der Waals surface area contributed by atoms with Crippen LogP contribution in [0.15, 0.2) is 12.3 Å². The number of piperidine rings is 1. The second kappa shape index (κ2) is 5.67. The standard InChI is InChI=1S/C14H23N3O/c1-11-8-12(10-18)9-15-14(11)17-6-4-13(5-7-17)16(2)3/h8-9,13,18H,4-7,10H2,1-3H3. The Labute approximate surface area is 109 Å². The number of pyridine rings is 1. The van der Waals surface area contributed by atoms with E-state index in [0.29, 0.717) is 6.04 Å². The Balaban J connectivity index is 2.05. The van der Waals surface area contributed by atoms with E-state index in [9.17, 15) is 0 Å². The second-order valence-electron chi connectivity index (χ2n) is 5.32. The third kappa shape index (κ3) is 2.82. The number of anilines is 1. The third-order valence-corrected chi connectivity index (χ3v) is 3.78. The molecule has 0 bridgehead atoms. The largest absolute Gasteiger partial charge is 0.392 e. The van der Waals surface area contributed by atoms with Crippen LogP contribution >= 0.6 is 0 Å². The maximum Gasteiger partial charge on any atom is 0.131 e. The number of aromatic nitrogens is 1. The summed E-state index contributed by atoms with van der Waals surface area (Å²) in [6.07, 6.45) is 4.16. The Morgan fingerprint density at radius 1 is 1.39 bits per heavy atom. The number of aryl methyl sites for hydroxylation is 1. The molecule has 1 aromatic rings. The van der Waals surface area contributed by atoms with Gasteiger partial charge in [0, 0.05) is 25.3 Å². The van der Waals surface area contributed by atoms with Crippen LogP contribution in [0.2, 0.25) is 0 Å². The number of rotatable bonds is 3. The van der Waals surface area contributed by atoms with Crippen molar-refractivity contribution in [3.05, 3.63) is 23.4 Å². The number of hydrogen-bond donors (Lipinski definition) is 1. The van der Waals surface area contributed by atoms with Crippen molar-refractivity contribution in [2.45, 2.75) is 32.4 Å². The molecule has 2 heterocycles. The highest BCUT2D eigenvalue weighted by Gasteiger charge is 2.22. The van der Waals surface area contributed by atoms with Gasteiger partial charge in [0.15, 0.2) is 0 Å². The van der Waals surface area contributed by atoms with Gasteiger partial charge >= 0.3 is 0 Å². The summed E-state index contributed by atoms with van der Waals surface area (Å²) in [6.45, 7) is 4.26. The van der Waals surface area contributed by atoms with E-state index in [1.165, 1.54) is 12.8 Å². The molecule has 1 fully saturated rings.